The van der Waals surface area contributed by atoms with E-state index in [-0.39, 0.29) is 6.10 Å². The third kappa shape index (κ3) is 2.83. The predicted molar refractivity (Wildman–Crippen MR) is 65.8 cm³/mol. The number of rotatable bonds is 4. The zero-order chi connectivity index (χ0) is 11.4. The molecule has 0 amide bonds. The third-order valence-corrected chi connectivity index (χ3v) is 4.04. The molecule has 16 heavy (non-hydrogen) atoms. The fourth-order valence-electron chi connectivity index (χ4n) is 1.98. The summed E-state index contributed by atoms with van der Waals surface area (Å²) in [4.78, 5) is 1.27. The lowest BCUT2D eigenvalue weighted by Gasteiger charge is -2.27. The minimum Gasteiger partial charge on any atom is -0.381 e. The van der Waals surface area contributed by atoms with E-state index in [9.17, 15) is 0 Å². The molecule has 1 unspecified atom stereocenters. The zero-order valence-corrected chi connectivity index (χ0v) is 10.5. The van der Waals surface area contributed by atoms with Crippen LogP contribution in [-0.4, -0.2) is 25.9 Å². The zero-order valence-electron chi connectivity index (χ0n) is 9.65. The summed E-state index contributed by atoms with van der Waals surface area (Å²) in [6, 6.07) is 2.12. The maximum absolute atomic E-state index is 6.07. The van der Waals surface area contributed by atoms with Crippen molar-refractivity contribution in [2.45, 2.75) is 32.0 Å². The Balaban J connectivity index is 1.97. The van der Waals surface area contributed by atoms with E-state index in [4.69, 9.17) is 15.2 Å². The number of aryl methyl sites for hydroxylation is 1. The lowest BCUT2D eigenvalue weighted by atomic mass is 10.1. The van der Waals surface area contributed by atoms with Crippen LogP contribution in [0.15, 0.2) is 11.4 Å². The average molecular weight is 241 g/mol. The summed E-state index contributed by atoms with van der Waals surface area (Å²) in [6.07, 6.45) is 2.34. The Morgan fingerprint density at radius 1 is 1.56 bits per heavy atom. The smallest absolute Gasteiger partial charge is 0.104 e. The molecule has 3 nitrogen and oxygen atoms in total. The van der Waals surface area contributed by atoms with Crippen LogP contribution in [0.4, 0.5) is 0 Å². The maximum Gasteiger partial charge on any atom is 0.104 e. The first-order valence-electron chi connectivity index (χ1n) is 5.78. The Kier molecular flexibility index (Phi) is 4.35. The van der Waals surface area contributed by atoms with Crippen LogP contribution in [0.5, 0.6) is 0 Å². The lowest BCUT2D eigenvalue weighted by Crippen LogP contribution is -2.28. The third-order valence-electron chi connectivity index (χ3n) is 2.93. The summed E-state index contributed by atoms with van der Waals surface area (Å²) >= 11 is 1.73. The molecule has 0 saturated carbocycles. The molecule has 1 atom stereocenters. The molecule has 90 valence electrons. The van der Waals surface area contributed by atoms with Gasteiger partial charge in [0.25, 0.3) is 0 Å². The van der Waals surface area contributed by atoms with Crippen molar-refractivity contribution in [2.24, 2.45) is 5.73 Å². The minimum absolute atomic E-state index is 0.0584. The first-order chi connectivity index (χ1) is 7.81. The van der Waals surface area contributed by atoms with Crippen LogP contribution in [0.25, 0.3) is 0 Å². The molecule has 0 radical (unpaired) electrons. The Morgan fingerprint density at radius 2 is 2.31 bits per heavy atom. The Labute approximate surface area is 101 Å². The maximum atomic E-state index is 6.07. The molecule has 4 heteroatoms. The summed E-state index contributed by atoms with van der Waals surface area (Å²) in [5.74, 6) is 0. The topological polar surface area (TPSA) is 44.5 Å². The Bertz CT molecular complexity index is 321. The van der Waals surface area contributed by atoms with E-state index in [1.54, 1.807) is 11.3 Å². The molecule has 2 N–H and O–H groups in total. The second kappa shape index (κ2) is 5.77. The van der Waals surface area contributed by atoms with Crippen molar-refractivity contribution in [3.8, 4) is 0 Å². The van der Waals surface area contributed by atoms with Crippen LogP contribution in [0.3, 0.4) is 0 Å². The summed E-state index contributed by atoms with van der Waals surface area (Å²) in [5.41, 5.74) is 7.09. The van der Waals surface area contributed by atoms with Crippen molar-refractivity contribution in [1.82, 2.24) is 0 Å². The molecule has 2 heterocycles. The van der Waals surface area contributed by atoms with Gasteiger partial charge in [0.15, 0.2) is 0 Å². The van der Waals surface area contributed by atoms with Gasteiger partial charge in [0.2, 0.25) is 0 Å². The van der Waals surface area contributed by atoms with Crippen molar-refractivity contribution in [3.63, 3.8) is 0 Å². The van der Waals surface area contributed by atoms with E-state index in [1.165, 1.54) is 10.4 Å². The van der Waals surface area contributed by atoms with Gasteiger partial charge in [-0.15, -0.1) is 11.3 Å². The summed E-state index contributed by atoms with van der Waals surface area (Å²) in [5, 5.41) is 2.10. The highest BCUT2D eigenvalue weighted by Crippen LogP contribution is 2.28. The highest BCUT2D eigenvalue weighted by atomic mass is 32.1. The van der Waals surface area contributed by atoms with Gasteiger partial charge in [-0.25, -0.2) is 0 Å². The molecule has 1 aliphatic rings. The molecule has 0 bridgehead atoms. The first-order valence-corrected chi connectivity index (χ1v) is 6.66. The first kappa shape index (κ1) is 12.0. The molecule has 0 spiro atoms. The number of ether oxygens (including phenoxy) is 2. The molecule has 1 saturated heterocycles. The van der Waals surface area contributed by atoms with Crippen molar-refractivity contribution >= 4 is 11.3 Å². The molecule has 1 aliphatic heterocycles. The van der Waals surface area contributed by atoms with Crippen LogP contribution < -0.4 is 5.73 Å². The highest BCUT2D eigenvalue weighted by molar-refractivity contribution is 7.10. The van der Waals surface area contributed by atoms with Gasteiger partial charge in [0, 0.05) is 24.6 Å². The van der Waals surface area contributed by atoms with E-state index in [0.717, 1.165) is 26.1 Å². The fraction of sp³-hybridized carbons (Fsp3) is 0.667. The molecular weight excluding hydrogens is 222 g/mol. The average Bonchev–Trinajstić information content (AvgIpc) is 2.74. The molecule has 1 aromatic heterocycles. The Hall–Kier alpha value is -0.420. The van der Waals surface area contributed by atoms with E-state index in [1.807, 2.05) is 0 Å². The number of hydrogen-bond acceptors (Lipinski definition) is 4. The van der Waals surface area contributed by atoms with Crippen LogP contribution in [0.1, 0.15) is 29.4 Å². The van der Waals surface area contributed by atoms with Crippen LogP contribution in [0, 0.1) is 6.92 Å². The predicted octanol–water partition coefficient (Wildman–Crippen LogP) is 2.25. The minimum atomic E-state index is 0.0584. The van der Waals surface area contributed by atoms with Crippen LogP contribution >= 0.6 is 11.3 Å². The van der Waals surface area contributed by atoms with Gasteiger partial charge >= 0.3 is 0 Å². The normalized spacial score (nSPS) is 19.9. The summed E-state index contributed by atoms with van der Waals surface area (Å²) in [7, 11) is 0. The quantitative estimate of drug-likeness (QED) is 0.879. The van der Waals surface area contributed by atoms with E-state index >= 15 is 0 Å². The van der Waals surface area contributed by atoms with Gasteiger partial charge in [-0.3, -0.25) is 0 Å². The Morgan fingerprint density at radius 3 is 2.88 bits per heavy atom. The van der Waals surface area contributed by atoms with E-state index in [2.05, 4.69) is 18.4 Å². The standard InChI is InChI=1S/C12H19NO2S/c1-9-4-7-16-12(9)11(8-13)15-10-2-5-14-6-3-10/h4,7,10-11H,2-3,5-6,8,13H2,1H3. The van der Waals surface area contributed by atoms with Crippen LogP contribution in [-0.2, 0) is 9.47 Å². The van der Waals surface area contributed by atoms with Crippen molar-refractivity contribution in [3.05, 3.63) is 21.9 Å². The number of hydrogen-bond donors (Lipinski definition) is 1. The van der Waals surface area contributed by atoms with Gasteiger partial charge in [-0.2, -0.15) is 0 Å². The van der Waals surface area contributed by atoms with Gasteiger partial charge in [0.05, 0.1) is 6.10 Å². The van der Waals surface area contributed by atoms with Gasteiger partial charge < -0.3 is 15.2 Å². The van der Waals surface area contributed by atoms with Crippen LogP contribution in [0.2, 0.25) is 0 Å². The SMILES string of the molecule is Cc1ccsc1C(CN)OC1CCOCC1. The highest BCUT2D eigenvalue weighted by Gasteiger charge is 2.21. The van der Waals surface area contributed by atoms with Crippen molar-refractivity contribution in [2.75, 3.05) is 19.8 Å². The monoisotopic (exact) mass is 241 g/mol. The molecule has 0 aromatic carbocycles. The molecule has 2 rings (SSSR count). The second-order valence-electron chi connectivity index (χ2n) is 4.14. The van der Waals surface area contributed by atoms with E-state index in [0.29, 0.717) is 12.6 Å². The van der Waals surface area contributed by atoms with Crippen molar-refractivity contribution in [1.29, 1.82) is 0 Å². The number of thiophene rings is 1. The fourth-order valence-corrected chi connectivity index (χ4v) is 2.96. The molecular formula is C12H19NO2S. The number of nitrogens with two attached hydrogens (primary N) is 1. The van der Waals surface area contributed by atoms with Gasteiger partial charge in [-0.05, 0) is 36.8 Å². The molecule has 1 aromatic rings. The second-order valence-corrected chi connectivity index (χ2v) is 5.09. The lowest BCUT2D eigenvalue weighted by molar-refractivity contribution is -0.0656. The molecule has 1 fully saturated rings. The molecule has 0 aliphatic carbocycles. The summed E-state index contributed by atoms with van der Waals surface area (Å²) < 4.78 is 11.4. The largest absolute Gasteiger partial charge is 0.381 e. The van der Waals surface area contributed by atoms with Gasteiger partial charge in [-0.1, -0.05) is 0 Å². The van der Waals surface area contributed by atoms with E-state index < -0.39 is 0 Å². The van der Waals surface area contributed by atoms with Crippen molar-refractivity contribution < 1.29 is 9.47 Å². The summed E-state index contributed by atoms with van der Waals surface area (Å²) in [6.45, 7) is 4.29. The van der Waals surface area contributed by atoms with Gasteiger partial charge in [0.1, 0.15) is 6.10 Å².